The molecule has 6 heteroatoms. The van der Waals surface area contributed by atoms with E-state index in [1.165, 1.54) is 6.20 Å². The van der Waals surface area contributed by atoms with Gasteiger partial charge >= 0.3 is 0 Å². The summed E-state index contributed by atoms with van der Waals surface area (Å²) in [5.41, 5.74) is 0. The molecule has 0 aliphatic rings. The summed E-state index contributed by atoms with van der Waals surface area (Å²) in [6, 6.07) is 6.79. The number of aromatic nitrogens is 1. The molecule has 0 aromatic carbocycles. The quantitative estimate of drug-likeness (QED) is 0.608. The summed E-state index contributed by atoms with van der Waals surface area (Å²) in [6.07, 6.45) is 4.77. The largest absolute Gasteiger partial charge is 1.00 e. The first-order valence-corrected chi connectivity index (χ1v) is 5.21. The molecular formula is C12H13ClN2O3. The predicted octanol–water partition coefficient (Wildman–Crippen LogP) is -2.41. The summed E-state index contributed by atoms with van der Waals surface area (Å²) in [5.74, 6) is 0.697. The Morgan fingerprint density at radius 2 is 2.22 bits per heavy atom. The fourth-order valence-electron chi connectivity index (χ4n) is 1.43. The van der Waals surface area contributed by atoms with Crippen LogP contribution in [0.3, 0.4) is 0 Å². The molecular weight excluding hydrogens is 256 g/mol. The van der Waals surface area contributed by atoms with E-state index in [0.717, 1.165) is 0 Å². The van der Waals surface area contributed by atoms with Crippen LogP contribution < -0.4 is 22.3 Å². The Labute approximate surface area is 110 Å². The monoisotopic (exact) mass is 268 g/mol. The van der Waals surface area contributed by atoms with Crippen LogP contribution in [0.15, 0.2) is 47.3 Å². The van der Waals surface area contributed by atoms with Crippen molar-refractivity contribution in [2.75, 3.05) is 0 Å². The maximum atomic E-state index is 11.6. The van der Waals surface area contributed by atoms with Crippen LogP contribution in [-0.4, -0.2) is 11.0 Å². The second-order valence-electron chi connectivity index (χ2n) is 3.59. The van der Waals surface area contributed by atoms with Crippen molar-refractivity contribution in [1.29, 1.82) is 0 Å². The lowest BCUT2D eigenvalue weighted by atomic mass is 10.4. The van der Waals surface area contributed by atoms with Gasteiger partial charge in [-0.05, 0) is 18.2 Å². The minimum Gasteiger partial charge on any atom is -1.00 e. The number of rotatable bonds is 4. The molecule has 1 amide bonds. The molecule has 0 bridgehead atoms. The molecule has 2 aromatic rings. The average Bonchev–Trinajstić information content (AvgIpc) is 2.79. The van der Waals surface area contributed by atoms with Gasteiger partial charge in [0.25, 0.3) is 5.91 Å². The van der Waals surface area contributed by atoms with Gasteiger partial charge in [-0.2, -0.15) is 4.57 Å². The summed E-state index contributed by atoms with van der Waals surface area (Å²) < 4.78 is 6.70. The van der Waals surface area contributed by atoms with E-state index in [-0.39, 0.29) is 30.6 Å². The van der Waals surface area contributed by atoms with Crippen LogP contribution in [0.2, 0.25) is 0 Å². The van der Waals surface area contributed by atoms with Gasteiger partial charge in [-0.3, -0.25) is 4.79 Å². The summed E-state index contributed by atoms with van der Waals surface area (Å²) in [7, 11) is 0. The van der Waals surface area contributed by atoms with Gasteiger partial charge in [0.15, 0.2) is 11.9 Å². The molecule has 0 aliphatic carbocycles. The number of nitrogens with zero attached hydrogens (tertiary/aromatic N) is 1. The van der Waals surface area contributed by atoms with E-state index < -0.39 is 0 Å². The Morgan fingerprint density at radius 1 is 1.39 bits per heavy atom. The SMILES string of the molecule is O=C(C[n+]1cccc(O)c1)NCc1ccco1.[Cl-]. The fraction of sp³-hybridized carbons (Fsp3) is 0.167. The van der Waals surface area contributed by atoms with Gasteiger partial charge in [-0.15, -0.1) is 0 Å². The standard InChI is InChI=1S/C12H12N2O3.ClH/c15-10-3-1-5-14(8-10)9-12(16)13-7-11-4-2-6-17-11;/h1-6,8H,7,9H2,(H-,13,15,16);1H. The van der Waals surface area contributed by atoms with Crippen molar-refractivity contribution in [3.05, 3.63) is 48.7 Å². The van der Waals surface area contributed by atoms with Crippen molar-refractivity contribution in [3.8, 4) is 5.75 Å². The first-order chi connectivity index (χ1) is 8.24. The Bertz CT molecular complexity index is 500. The van der Waals surface area contributed by atoms with E-state index in [9.17, 15) is 9.90 Å². The number of amides is 1. The first-order valence-electron chi connectivity index (χ1n) is 5.21. The number of carbonyl (C=O) groups excluding carboxylic acids is 1. The zero-order valence-electron chi connectivity index (χ0n) is 9.54. The molecule has 0 radical (unpaired) electrons. The zero-order valence-corrected chi connectivity index (χ0v) is 10.3. The van der Waals surface area contributed by atoms with Gasteiger partial charge in [-0.1, -0.05) is 0 Å². The van der Waals surface area contributed by atoms with Gasteiger partial charge in [0.05, 0.1) is 12.8 Å². The lowest BCUT2D eigenvalue weighted by Crippen LogP contribution is -3.00. The molecule has 0 spiro atoms. The highest BCUT2D eigenvalue weighted by molar-refractivity contribution is 5.74. The fourth-order valence-corrected chi connectivity index (χ4v) is 1.43. The lowest BCUT2D eigenvalue weighted by Gasteiger charge is -2.00. The van der Waals surface area contributed by atoms with Crippen molar-refractivity contribution < 1.29 is 31.3 Å². The minimum absolute atomic E-state index is 0. The van der Waals surface area contributed by atoms with Crippen LogP contribution in [0.5, 0.6) is 5.75 Å². The molecule has 18 heavy (non-hydrogen) atoms. The number of hydrogen-bond acceptors (Lipinski definition) is 3. The Morgan fingerprint density at radius 3 is 2.89 bits per heavy atom. The van der Waals surface area contributed by atoms with Crippen molar-refractivity contribution in [2.24, 2.45) is 0 Å². The summed E-state index contributed by atoms with van der Waals surface area (Å²) in [5, 5.41) is 12.0. The van der Waals surface area contributed by atoms with Crippen molar-refractivity contribution in [1.82, 2.24) is 5.32 Å². The number of hydrogen-bond donors (Lipinski definition) is 2. The average molecular weight is 269 g/mol. The van der Waals surface area contributed by atoms with E-state index >= 15 is 0 Å². The Hall–Kier alpha value is -2.01. The van der Waals surface area contributed by atoms with Crippen LogP contribution in [0.1, 0.15) is 5.76 Å². The van der Waals surface area contributed by atoms with E-state index in [0.29, 0.717) is 12.3 Å². The highest BCUT2D eigenvalue weighted by atomic mass is 35.5. The molecule has 96 valence electrons. The van der Waals surface area contributed by atoms with Gasteiger partial charge in [0, 0.05) is 6.07 Å². The number of aromatic hydroxyl groups is 1. The molecule has 0 saturated carbocycles. The molecule has 0 unspecified atom stereocenters. The molecule has 2 aromatic heterocycles. The van der Waals surface area contributed by atoms with Gasteiger partial charge in [-0.25, -0.2) is 0 Å². The second-order valence-corrected chi connectivity index (χ2v) is 3.59. The molecule has 2 rings (SSSR count). The normalized spacial score (nSPS) is 9.56. The Kier molecular flexibility index (Phi) is 5.20. The van der Waals surface area contributed by atoms with E-state index in [4.69, 9.17) is 4.42 Å². The number of pyridine rings is 1. The third-order valence-electron chi connectivity index (χ3n) is 2.21. The van der Waals surface area contributed by atoms with Crippen LogP contribution in [0.4, 0.5) is 0 Å². The maximum absolute atomic E-state index is 11.6. The number of halogens is 1. The third kappa shape index (κ3) is 4.10. The first kappa shape index (κ1) is 14.1. The molecule has 5 nitrogen and oxygen atoms in total. The highest BCUT2D eigenvalue weighted by Gasteiger charge is 2.09. The summed E-state index contributed by atoms with van der Waals surface area (Å²) in [6.45, 7) is 0.528. The van der Waals surface area contributed by atoms with Crippen molar-refractivity contribution >= 4 is 5.91 Å². The number of furan rings is 1. The zero-order chi connectivity index (χ0) is 12.1. The molecule has 0 saturated heterocycles. The lowest BCUT2D eigenvalue weighted by molar-refractivity contribution is -0.684. The molecule has 0 aliphatic heterocycles. The number of nitrogens with one attached hydrogen (secondary N) is 1. The van der Waals surface area contributed by atoms with Crippen molar-refractivity contribution in [2.45, 2.75) is 13.1 Å². The van der Waals surface area contributed by atoms with Gasteiger partial charge in [0.1, 0.15) is 5.76 Å². The molecule has 0 atom stereocenters. The Balaban J connectivity index is 0.00000162. The van der Waals surface area contributed by atoms with Crippen LogP contribution in [-0.2, 0) is 17.9 Å². The van der Waals surface area contributed by atoms with E-state index in [2.05, 4.69) is 5.32 Å². The van der Waals surface area contributed by atoms with Gasteiger partial charge < -0.3 is 27.2 Å². The topological polar surface area (TPSA) is 66.3 Å². The van der Waals surface area contributed by atoms with Crippen LogP contribution in [0.25, 0.3) is 0 Å². The summed E-state index contributed by atoms with van der Waals surface area (Å²) >= 11 is 0. The molecule has 0 fully saturated rings. The third-order valence-corrected chi connectivity index (χ3v) is 2.21. The maximum Gasteiger partial charge on any atom is 0.286 e. The van der Waals surface area contributed by atoms with Crippen molar-refractivity contribution in [3.63, 3.8) is 0 Å². The molecule has 2 heterocycles. The second kappa shape index (κ2) is 6.66. The summed E-state index contributed by atoms with van der Waals surface area (Å²) in [4.78, 5) is 11.6. The minimum atomic E-state index is -0.142. The van der Waals surface area contributed by atoms with Crippen LogP contribution in [0, 0.1) is 0 Å². The molecule has 2 N–H and O–H groups in total. The smallest absolute Gasteiger partial charge is 0.286 e. The predicted molar refractivity (Wildman–Crippen MR) is 58.9 cm³/mol. The van der Waals surface area contributed by atoms with Gasteiger partial charge in [0.2, 0.25) is 12.7 Å². The van der Waals surface area contributed by atoms with E-state index in [1.807, 2.05) is 0 Å². The van der Waals surface area contributed by atoms with Crippen LogP contribution >= 0.6 is 0 Å². The highest BCUT2D eigenvalue weighted by Crippen LogP contribution is 2.00. The number of carbonyl (C=O) groups is 1. The van der Waals surface area contributed by atoms with E-state index in [1.54, 1.807) is 41.3 Å².